The SMILES string of the molecule is CCCCCCOc1ccc(C(N)=[NH2+])cc1. The molecule has 88 valence electrons. The number of hydrogen-bond acceptors (Lipinski definition) is 1. The molecule has 1 aromatic rings. The molecule has 1 aromatic carbocycles. The van der Waals surface area contributed by atoms with Crippen LogP contribution < -0.4 is 15.9 Å². The van der Waals surface area contributed by atoms with Gasteiger partial charge in [-0.05, 0) is 30.7 Å². The number of unbranched alkanes of at least 4 members (excludes halogenated alkanes) is 3. The largest absolute Gasteiger partial charge is 0.494 e. The standard InChI is InChI=1S/C13H20N2O/c1-2-3-4-5-10-16-12-8-6-11(7-9-12)13(14)15/h6-9H,2-5,10H2,1H3,(H3,14,15)/p+1. The van der Waals surface area contributed by atoms with Crippen molar-refractivity contribution in [3.05, 3.63) is 29.8 Å². The number of amidine groups is 1. The van der Waals surface area contributed by atoms with Crippen molar-refractivity contribution in [1.82, 2.24) is 0 Å². The van der Waals surface area contributed by atoms with Gasteiger partial charge >= 0.3 is 0 Å². The van der Waals surface area contributed by atoms with E-state index in [1.165, 1.54) is 19.3 Å². The molecule has 3 heteroatoms. The summed E-state index contributed by atoms with van der Waals surface area (Å²) >= 11 is 0. The van der Waals surface area contributed by atoms with Gasteiger partial charge in [-0.1, -0.05) is 26.2 Å². The van der Waals surface area contributed by atoms with Gasteiger partial charge in [-0.3, -0.25) is 11.1 Å². The maximum Gasteiger partial charge on any atom is 0.270 e. The molecule has 0 unspecified atom stereocenters. The normalized spacial score (nSPS) is 10.1. The van der Waals surface area contributed by atoms with Crippen molar-refractivity contribution in [1.29, 1.82) is 0 Å². The summed E-state index contributed by atoms with van der Waals surface area (Å²) in [5.74, 6) is 1.22. The minimum absolute atomic E-state index is 0.342. The first kappa shape index (κ1) is 12.6. The van der Waals surface area contributed by atoms with Crippen LogP contribution in [0.1, 0.15) is 38.2 Å². The zero-order valence-corrected chi connectivity index (χ0v) is 9.91. The van der Waals surface area contributed by atoms with E-state index in [0.717, 1.165) is 24.3 Å². The number of hydrogen-bond donors (Lipinski definition) is 2. The second kappa shape index (κ2) is 6.88. The van der Waals surface area contributed by atoms with Gasteiger partial charge in [0.1, 0.15) is 5.75 Å². The van der Waals surface area contributed by atoms with Gasteiger partial charge in [0.05, 0.1) is 12.2 Å². The van der Waals surface area contributed by atoms with Crippen LogP contribution in [0.3, 0.4) is 0 Å². The molecule has 0 fully saturated rings. The van der Waals surface area contributed by atoms with E-state index in [1.54, 1.807) is 0 Å². The molecule has 0 amide bonds. The van der Waals surface area contributed by atoms with E-state index < -0.39 is 0 Å². The third-order valence-corrected chi connectivity index (χ3v) is 2.45. The third-order valence-electron chi connectivity index (χ3n) is 2.45. The van der Waals surface area contributed by atoms with Crippen LogP contribution >= 0.6 is 0 Å². The van der Waals surface area contributed by atoms with E-state index in [2.05, 4.69) is 6.92 Å². The number of ether oxygens (including phenoxy) is 1. The van der Waals surface area contributed by atoms with Crippen LogP contribution in [0.4, 0.5) is 0 Å². The Hall–Kier alpha value is -1.51. The average Bonchev–Trinajstić information content (AvgIpc) is 2.29. The summed E-state index contributed by atoms with van der Waals surface area (Å²) in [6, 6.07) is 7.54. The summed E-state index contributed by atoms with van der Waals surface area (Å²) < 4.78 is 5.60. The van der Waals surface area contributed by atoms with Crippen molar-refractivity contribution in [3.8, 4) is 5.75 Å². The fourth-order valence-corrected chi connectivity index (χ4v) is 1.46. The van der Waals surface area contributed by atoms with Gasteiger partial charge in [0.15, 0.2) is 0 Å². The molecule has 16 heavy (non-hydrogen) atoms. The van der Waals surface area contributed by atoms with E-state index in [0.29, 0.717) is 5.84 Å². The van der Waals surface area contributed by atoms with Gasteiger partial charge in [-0.15, -0.1) is 0 Å². The van der Waals surface area contributed by atoms with Crippen LogP contribution in [0.2, 0.25) is 0 Å². The Kier molecular flexibility index (Phi) is 5.40. The van der Waals surface area contributed by atoms with E-state index in [-0.39, 0.29) is 0 Å². The van der Waals surface area contributed by atoms with Gasteiger partial charge in [-0.25, -0.2) is 0 Å². The fraction of sp³-hybridized carbons (Fsp3) is 0.462. The molecule has 0 spiro atoms. The maximum absolute atomic E-state index is 5.60. The predicted octanol–water partition coefficient (Wildman–Crippen LogP) is 1.11. The summed E-state index contributed by atoms with van der Waals surface area (Å²) in [7, 11) is 0. The minimum atomic E-state index is 0.342. The van der Waals surface area contributed by atoms with Gasteiger partial charge in [0.2, 0.25) is 0 Å². The Morgan fingerprint density at radius 2 is 1.88 bits per heavy atom. The van der Waals surface area contributed by atoms with Crippen molar-refractivity contribution in [2.24, 2.45) is 5.73 Å². The van der Waals surface area contributed by atoms with Crippen LogP contribution in [0.25, 0.3) is 0 Å². The lowest BCUT2D eigenvalue weighted by Crippen LogP contribution is -2.46. The highest BCUT2D eigenvalue weighted by Gasteiger charge is 2.00. The summed E-state index contributed by atoms with van der Waals surface area (Å²) in [6.45, 7) is 2.98. The molecule has 0 atom stereocenters. The highest BCUT2D eigenvalue weighted by molar-refractivity contribution is 5.92. The summed E-state index contributed by atoms with van der Waals surface area (Å²) in [5.41, 5.74) is 6.32. The molecule has 0 aromatic heterocycles. The monoisotopic (exact) mass is 221 g/mol. The number of nitrogens with two attached hydrogens (primary N) is 2. The van der Waals surface area contributed by atoms with Gasteiger partial charge < -0.3 is 4.74 Å². The van der Waals surface area contributed by atoms with Gasteiger partial charge in [-0.2, -0.15) is 0 Å². The van der Waals surface area contributed by atoms with E-state index in [1.807, 2.05) is 24.3 Å². The summed E-state index contributed by atoms with van der Waals surface area (Å²) in [5, 5.41) is 5.47. The van der Waals surface area contributed by atoms with Crippen molar-refractivity contribution in [3.63, 3.8) is 0 Å². The molecule has 0 heterocycles. The lowest BCUT2D eigenvalue weighted by atomic mass is 10.2. The molecule has 0 aliphatic carbocycles. The lowest BCUT2D eigenvalue weighted by Gasteiger charge is -2.05. The molecule has 1 rings (SSSR count). The van der Waals surface area contributed by atoms with Gasteiger partial charge in [0.25, 0.3) is 5.84 Å². The minimum Gasteiger partial charge on any atom is -0.494 e. The Morgan fingerprint density at radius 3 is 2.44 bits per heavy atom. The van der Waals surface area contributed by atoms with Crippen molar-refractivity contribution in [2.75, 3.05) is 6.61 Å². The number of rotatable bonds is 7. The average molecular weight is 221 g/mol. The highest BCUT2D eigenvalue weighted by Crippen LogP contribution is 2.12. The van der Waals surface area contributed by atoms with Crippen LogP contribution in [-0.4, -0.2) is 12.4 Å². The summed E-state index contributed by atoms with van der Waals surface area (Å²) in [4.78, 5) is 0. The first-order valence-electron chi connectivity index (χ1n) is 5.85. The second-order valence-corrected chi connectivity index (χ2v) is 3.89. The highest BCUT2D eigenvalue weighted by atomic mass is 16.5. The quantitative estimate of drug-likeness (QED) is 0.411. The van der Waals surface area contributed by atoms with Crippen LogP contribution in [0, 0.1) is 0 Å². The van der Waals surface area contributed by atoms with Gasteiger partial charge in [0, 0.05) is 0 Å². The zero-order chi connectivity index (χ0) is 11.8. The first-order chi connectivity index (χ1) is 7.74. The molecule has 0 aliphatic heterocycles. The predicted molar refractivity (Wildman–Crippen MR) is 66.3 cm³/mol. The zero-order valence-electron chi connectivity index (χ0n) is 9.91. The summed E-state index contributed by atoms with van der Waals surface area (Å²) in [6.07, 6.45) is 4.88. The Balaban J connectivity index is 2.29. The Morgan fingerprint density at radius 1 is 1.19 bits per heavy atom. The second-order valence-electron chi connectivity index (χ2n) is 3.89. The van der Waals surface area contributed by atoms with E-state index in [9.17, 15) is 0 Å². The molecular weight excluding hydrogens is 200 g/mol. The Bertz CT molecular complexity index is 319. The molecule has 0 saturated carbocycles. The molecule has 3 nitrogen and oxygen atoms in total. The van der Waals surface area contributed by atoms with Crippen molar-refractivity contribution in [2.45, 2.75) is 32.6 Å². The molecule has 0 bridgehead atoms. The molecule has 0 aliphatic rings. The van der Waals surface area contributed by atoms with E-state index >= 15 is 0 Å². The third kappa shape index (κ3) is 4.34. The molecule has 0 radical (unpaired) electrons. The fourth-order valence-electron chi connectivity index (χ4n) is 1.46. The lowest BCUT2D eigenvalue weighted by molar-refractivity contribution is -0.114. The van der Waals surface area contributed by atoms with Crippen LogP contribution in [0.5, 0.6) is 5.75 Å². The van der Waals surface area contributed by atoms with E-state index in [4.69, 9.17) is 15.9 Å². The molecule has 0 saturated heterocycles. The smallest absolute Gasteiger partial charge is 0.270 e. The maximum atomic E-state index is 5.60. The Labute approximate surface area is 97.1 Å². The molecule has 4 N–H and O–H groups in total. The van der Waals surface area contributed by atoms with Crippen LogP contribution in [0.15, 0.2) is 24.3 Å². The van der Waals surface area contributed by atoms with Crippen molar-refractivity contribution >= 4 is 5.84 Å². The van der Waals surface area contributed by atoms with Crippen LogP contribution in [-0.2, 0) is 0 Å². The van der Waals surface area contributed by atoms with Crippen molar-refractivity contribution < 1.29 is 10.1 Å². The first-order valence-corrected chi connectivity index (χ1v) is 5.85. The molecular formula is C13H21N2O+. The topological polar surface area (TPSA) is 60.8 Å². The number of benzene rings is 1.